The molecule has 0 bridgehead atoms. The van der Waals surface area contributed by atoms with Crippen molar-refractivity contribution in [3.8, 4) is 11.5 Å². The lowest BCUT2D eigenvalue weighted by Gasteiger charge is -2.04. The lowest BCUT2D eigenvalue weighted by molar-refractivity contribution is -0.386. The van der Waals surface area contributed by atoms with Crippen LogP contribution < -0.4 is 14.9 Å². The summed E-state index contributed by atoms with van der Waals surface area (Å²) < 4.78 is 16.4. The second-order valence-electron chi connectivity index (χ2n) is 6.36. The molecule has 0 saturated carbocycles. The third-order valence-electron chi connectivity index (χ3n) is 4.09. The van der Waals surface area contributed by atoms with Gasteiger partial charge in [0.1, 0.15) is 23.9 Å². The van der Waals surface area contributed by atoms with Gasteiger partial charge in [0.05, 0.1) is 24.2 Å². The van der Waals surface area contributed by atoms with Crippen LogP contribution in [0.4, 0.5) is 5.69 Å². The van der Waals surface area contributed by atoms with E-state index < -0.39 is 4.92 Å². The number of nitro groups is 1. The molecule has 160 valence electrons. The number of carbonyl (C=O) groups excluding carboxylic acids is 1. The van der Waals surface area contributed by atoms with E-state index in [4.69, 9.17) is 13.9 Å². The quantitative estimate of drug-likeness (QED) is 0.301. The van der Waals surface area contributed by atoms with Crippen LogP contribution in [0.25, 0.3) is 0 Å². The Morgan fingerprint density at radius 3 is 2.65 bits per heavy atom. The molecule has 0 fully saturated rings. The maximum atomic E-state index is 12.0. The van der Waals surface area contributed by atoms with Crippen molar-refractivity contribution >= 4 is 17.8 Å². The Labute approximate surface area is 178 Å². The number of nitro benzene ring substituents is 1. The van der Waals surface area contributed by atoms with E-state index in [1.807, 2.05) is 31.2 Å². The van der Waals surface area contributed by atoms with E-state index in [1.54, 1.807) is 24.3 Å². The summed E-state index contributed by atoms with van der Waals surface area (Å²) in [6.45, 7) is 2.51. The Hall–Kier alpha value is -4.14. The zero-order valence-corrected chi connectivity index (χ0v) is 16.8. The number of furan rings is 1. The van der Waals surface area contributed by atoms with Gasteiger partial charge in [-0.15, -0.1) is 0 Å². The van der Waals surface area contributed by atoms with Crippen LogP contribution in [0.2, 0.25) is 0 Å². The fraction of sp³-hybridized carbons (Fsp3) is 0.182. The van der Waals surface area contributed by atoms with Gasteiger partial charge in [0.25, 0.3) is 0 Å². The molecule has 0 spiro atoms. The zero-order chi connectivity index (χ0) is 22.1. The summed E-state index contributed by atoms with van der Waals surface area (Å²) in [5.41, 5.74) is 3.16. The molecule has 0 aliphatic rings. The Bertz CT molecular complexity index is 1060. The molecule has 0 radical (unpaired) electrons. The molecule has 9 heteroatoms. The van der Waals surface area contributed by atoms with Crippen LogP contribution in [-0.4, -0.2) is 23.7 Å². The minimum Gasteiger partial charge on any atom is -0.494 e. The smallest absolute Gasteiger partial charge is 0.310 e. The summed E-state index contributed by atoms with van der Waals surface area (Å²) >= 11 is 0. The summed E-state index contributed by atoms with van der Waals surface area (Å²) in [5.74, 6) is 1.50. The molecule has 31 heavy (non-hydrogen) atoms. The van der Waals surface area contributed by atoms with Gasteiger partial charge in [0.2, 0.25) is 5.91 Å². The fourth-order valence-corrected chi connectivity index (χ4v) is 2.68. The maximum Gasteiger partial charge on any atom is 0.310 e. The van der Waals surface area contributed by atoms with Gasteiger partial charge in [-0.3, -0.25) is 14.9 Å². The molecule has 1 heterocycles. The predicted octanol–water partition coefficient (Wildman–Crippen LogP) is 3.86. The van der Waals surface area contributed by atoms with Crippen LogP contribution in [-0.2, 0) is 17.8 Å². The van der Waals surface area contributed by atoms with E-state index in [1.165, 1.54) is 18.3 Å². The van der Waals surface area contributed by atoms with Crippen LogP contribution in [0.1, 0.15) is 24.0 Å². The van der Waals surface area contributed by atoms with Gasteiger partial charge in [-0.1, -0.05) is 24.3 Å². The molecule has 1 aromatic heterocycles. The second kappa shape index (κ2) is 10.6. The SMILES string of the molecule is CCOc1ccc(CC(=O)N/N=C\c2ccc(COc3ccccc3[N+](=O)[O-])o2)cc1. The number of ether oxygens (including phenoxy) is 2. The largest absolute Gasteiger partial charge is 0.494 e. The fourth-order valence-electron chi connectivity index (χ4n) is 2.68. The molecule has 1 N–H and O–H groups in total. The summed E-state index contributed by atoms with van der Waals surface area (Å²) in [4.78, 5) is 22.5. The van der Waals surface area contributed by atoms with E-state index in [0.717, 1.165) is 11.3 Å². The van der Waals surface area contributed by atoms with Gasteiger partial charge in [-0.2, -0.15) is 5.10 Å². The van der Waals surface area contributed by atoms with Crippen molar-refractivity contribution in [1.82, 2.24) is 5.43 Å². The second-order valence-corrected chi connectivity index (χ2v) is 6.36. The van der Waals surface area contributed by atoms with Gasteiger partial charge in [0, 0.05) is 6.07 Å². The van der Waals surface area contributed by atoms with E-state index >= 15 is 0 Å². The van der Waals surface area contributed by atoms with Crippen molar-refractivity contribution < 1.29 is 23.6 Å². The molecule has 0 unspecified atom stereocenters. The number of carbonyl (C=O) groups is 1. The van der Waals surface area contributed by atoms with Crippen molar-refractivity contribution in [3.63, 3.8) is 0 Å². The molecule has 3 aromatic rings. The number of benzene rings is 2. The number of amides is 1. The highest BCUT2D eigenvalue weighted by Gasteiger charge is 2.14. The molecule has 3 rings (SSSR count). The normalized spacial score (nSPS) is 10.7. The van der Waals surface area contributed by atoms with Crippen LogP contribution in [0.3, 0.4) is 0 Å². The molecule has 0 saturated heterocycles. The molecule has 9 nitrogen and oxygen atoms in total. The van der Waals surface area contributed by atoms with E-state index in [2.05, 4.69) is 10.5 Å². The standard InChI is InChI=1S/C22H21N3O6/c1-2-29-17-9-7-16(8-10-17)13-22(26)24-23-14-18-11-12-19(31-18)15-30-21-6-4-3-5-20(21)25(27)28/h3-12,14H,2,13,15H2,1H3,(H,24,26)/b23-14-. The van der Waals surface area contributed by atoms with Crippen molar-refractivity contribution in [1.29, 1.82) is 0 Å². The third-order valence-corrected chi connectivity index (χ3v) is 4.09. The van der Waals surface area contributed by atoms with Gasteiger partial charge in [-0.25, -0.2) is 5.43 Å². The lowest BCUT2D eigenvalue weighted by Crippen LogP contribution is -2.19. The minimum absolute atomic E-state index is 0.0167. The van der Waals surface area contributed by atoms with Crippen LogP contribution in [0.5, 0.6) is 11.5 Å². The minimum atomic E-state index is -0.508. The highest BCUT2D eigenvalue weighted by molar-refractivity contribution is 5.81. The van der Waals surface area contributed by atoms with E-state index in [9.17, 15) is 14.9 Å². The highest BCUT2D eigenvalue weighted by atomic mass is 16.6. The molecular formula is C22H21N3O6. The summed E-state index contributed by atoms with van der Waals surface area (Å²) in [6, 6.07) is 16.7. The first kappa shape index (κ1) is 21.6. The number of hydrogen-bond acceptors (Lipinski definition) is 7. The maximum absolute atomic E-state index is 12.0. The molecule has 0 atom stereocenters. The Balaban J connectivity index is 1.48. The molecule has 0 aliphatic heterocycles. The van der Waals surface area contributed by atoms with Crippen molar-refractivity contribution in [3.05, 3.63) is 87.9 Å². The van der Waals surface area contributed by atoms with Crippen LogP contribution in [0.15, 0.2) is 70.2 Å². The first-order valence-corrected chi connectivity index (χ1v) is 9.53. The first-order valence-electron chi connectivity index (χ1n) is 9.53. The number of rotatable bonds is 10. The summed E-state index contributed by atoms with van der Waals surface area (Å²) in [5, 5.41) is 14.9. The monoisotopic (exact) mass is 423 g/mol. The number of nitrogens with zero attached hydrogens (tertiary/aromatic N) is 2. The average Bonchev–Trinajstić information content (AvgIpc) is 3.22. The van der Waals surface area contributed by atoms with Crippen molar-refractivity contribution in [2.75, 3.05) is 6.61 Å². The number of hydrazone groups is 1. The molecule has 0 aliphatic carbocycles. The Morgan fingerprint density at radius 1 is 1.13 bits per heavy atom. The molecule has 1 amide bonds. The first-order chi connectivity index (χ1) is 15.0. The number of hydrogen-bond donors (Lipinski definition) is 1. The van der Waals surface area contributed by atoms with E-state index in [-0.39, 0.29) is 30.4 Å². The molecule has 2 aromatic carbocycles. The van der Waals surface area contributed by atoms with Gasteiger partial charge in [0.15, 0.2) is 5.75 Å². The summed E-state index contributed by atoms with van der Waals surface area (Å²) in [6.07, 6.45) is 1.54. The third kappa shape index (κ3) is 6.43. The van der Waals surface area contributed by atoms with Crippen LogP contribution in [0, 0.1) is 10.1 Å². The Kier molecular flexibility index (Phi) is 7.36. The van der Waals surface area contributed by atoms with Crippen LogP contribution >= 0.6 is 0 Å². The van der Waals surface area contributed by atoms with E-state index in [0.29, 0.717) is 18.1 Å². The van der Waals surface area contributed by atoms with Gasteiger partial charge < -0.3 is 13.9 Å². The summed E-state index contributed by atoms with van der Waals surface area (Å²) in [7, 11) is 0. The predicted molar refractivity (Wildman–Crippen MR) is 113 cm³/mol. The van der Waals surface area contributed by atoms with Gasteiger partial charge >= 0.3 is 5.69 Å². The molecular weight excluding hydrogens is 402 g/mol. The van der Waals surface area contributed by atoms with Crippen molar-refractivity contribution in [2.24, 2.45) is 5.10 Å². The van der Waals surface area contributed by atoms with Gasteiger partial charge in [-0.05, 0) is 42.8 Å². The Morgan fingerprint density at radius 2 is 1.90 bits per heavy atom. The number of para-hydroxylation sites is 2. The highest BCUT2D eigenvalue weighted by Crippen LogP contribution is 2.26. The lowest BCUT2D eigenvalue weighted by atomic mass is 10.1. The zero-order valence-electron chi connectivity index (χ0n) is 16.8. The number of nitrogens with one attached hydrogen (secondary N) is 1. The average molecular weight is 423 g/mol. The van der Waals surface area contributed by atoms with Crippen molar-refractivity contribution in [2.45, 2.75) is 20.0 Å². The topological polar surface area (TPSA) is 116 Å².